The Kier molecular flexibility index (Phi) is 3.17. The molecule has 0 saturated heterocycles. The van der Waals surface area contributed by atoms with E-state index in [1.165, 1.54) is 12.8 Å². The number of phenols is 1. The van der Waals surface area contributed by atoms with E-state index in [1.54, 1.807) is 6.07 Å². The number of hydrogen-bond acceptors (Lipinski definition) is 3. The van der Waals surface area contributed by atoms with E-state index in [1.807, 2.05) is 12.1 Å². The normalized spacial score (nSPS) is 18.9. The van der Waals surface area contributed by atoms with Gasteiger partial charge in [0.2, 0.25) is 0 Å². The number of benzene rings is 1. The van der Waals surface area contributed by atoms with Crippen LogP contribution in [0.5, 0.6) is 5.75 Å². The van der Waals surface area contributed by atoms with Crippen molar-refractivity contribution in [2.75, 3.05) is 6.54 Å². The van der Waals surface area contributed by atoms with Crippen LogP contribution in [-0.2, 0) is 12.0 Å². The van der Waals surface area contributed by atoms with E-state index in [4.69, 9.17) is 10.8 Å². The van der Waals surface area contributed by atoms with Gasteiger partial charge in [-0.05, 0) is 12.8 Å². The zero-order chi connectivity index (χ0) is 11.6. The number of nitrogens with two attached hydrogens (primary N) is 1. The van der Waals surface area contributed by atoms with Crippen LogP contribution in [0.1, 0.15) is 36.8 Å². The third-order valence-electron chi connectivity index (χ3n) is 3.81. The van der Waals surface area contributed by atoms with Gasteiger partial charge in [-0.2, -0.15) is 0 Å². The van der Waals surface area contributed by atoms with Gasteiger partial charge in [0.05, 0.1) is 6.61 Å². The lowest BCUT2D eigenvalue weighted by Gasteiger charge is -2.29. The second-order valence-corrected chi connectivity index (χ2v) is 4.66. The van der Waals surface area contributed by atoms with Crippen LogP contribution in [-0.4, -0.2) is 16.8 Å². The number of aliphatic hydroxyl groups is 1. The Hall–Kier alpha value is -1.06. The first-order valence-corrected chi connectivity index (χ1v) is 5.86. The molecule has 1 aromatic rings. The lowest BCUT2D eigenvalue weighted by atomic mass is 9.78. The van der Waals surface area contributed by atoms with E-state index >= 15 is 0 Å². The van der Waals surface area contributed by atoms with Gasteiger partial charge in [-0.1, -0.05) is 31.0 Å². The van der Waals surface area contributed by atoms with Crippen LogP contribution in [0, 0.1) is 0 Å². The molecule has 2 rings (SSSR count). The highest BCUT2D eigenvalue weighted by Crippen LogP contribution is 2.44. The van der Waals surface area contributed by atoms with Gasteiger partial charge in [0, 0.05) is 23.1 Å². The molecule has 0 radical (unpaired) electrons. The Morgan fingerprint density at radius 1 is 1.25 bits per heavy atom. The number of hydrogen-bond donors (Lipinski definition) is 3. The minimum absolute atomic E-state index is 0.0741. The SMILES string of the molecule is NCC1(c2cccc(CO)c2O)CCCC1. The fourth-order valence-corrected chi connectivity index (χ4v) is 2.78. The smallest absolute Gasteiger partial charge is 0.124 e. The van der Waals surface area contributed by atoms with Gasteiger partial charge in [-0.3, -0.25) is 0 Å². The highest BCUT2D eigenvalue weighted by atomic mass is 16.3. The molecule has 1 saturated carbocycles. The van der Waals surface area contributed by atoms with Gasteiger partial charge in [0.15, 0.2) is 0 Å². The molecule has 0 spiro atoms. The monoisotopic (exact) mass is 221 g/mol. The first-order chi connectivity index (χ1) is 7.73. The van der Waals surface area contributed by atoms with Crippen LogP contribution >= 0.6 is 0 Å². The van der Waals surface area contributed by atoms with Crippen LogP contribution in [0.4, 0.5) is 0 Å². The van der Waals surface area contributed by atoms with Gasteiger partial charge >= 0.3 is 0 Å². The molecule has 0 heterocycles. The molecule has 0 atom stereocenters. The van der Waals surface area contributed by atoms with Gasteiger partial charge in [-0.15, -0.1) is 0 Å². The van der Waals surface area contributed by atoms with Gasteiger partial charge in [0.1, 0.15) is 5.75 Å². The number of aromatic hydroxyl groups is 1. The first kappa shape index (κ1) is 11.4. The topological polar surface area (TPSA) is 66.5 Å². The average molecular weight is 221 g/mol. The summed E-state index contributed by atoms with van der Waals surface area (Å²) in [5, 5.41) is 19.3. The van der Waals surface area contributed by atoms with Gasteiger partial charge in [0.25, 0.3) is 0 Å². The first-order valence-electron chi connectivity index (χ1n) is 5.86. The number of para-hydroxylation sites is 1. The third kappa shape index (κ3) is 1.70. The van der Waals surface area contributed by atoms with Crippen molar-refractivity contribution < 1.29 is 10.2 Å². The maximum atomic E-state index is 10.1. The van der Waals surface area contributed by atoms with Gasteiger partial charge < -0.3 is 15.9 Å². The number of aliphatic hydroxyl groups excluding tert-OH is 1. The molecule has 1 aliphatic carbocycles. The summed E-state index contributed by atoms with van der Waals surface area (Å²) in [7, 11) is 0. The van der Waals surface area contributed by atoms with E-state index in [-0.39, 0.29) is 17.8 Å². The van der Waals surface area contributed by atoms with E-state index in [2.05, 4.69) is 0 Å². The van der Waals surface area contributed by atoms with Crippen LogP contribution in [0.3, 0.4) is 0 Å². The Balaban J connectivity index is 2.46. The summed E-state index contributed by atoms with van der Waals surface area (Å²) < 4.78 is 0. The van der Waals surface area contributed by atoms with Crippen LogP contribution in [0.2, 0.25) is 0 Å². The summed E-state index contributed by atoms with van der Waals surface area (Å²) in [6.07, 6.45) is 4.40. The summed E-state index contributed by atoms with van der Waals surface area (Å²) in [5.74, 6) is 0.234. The van der Waals surface area contributed by atoms with Crippen molar-refractivity contribution in [3.8, 4) is 5.75 Å². The Morgan fingerprint density at radius 2 is 1.94 bits per heavy atom. The van der Waals surface area contributed by atoms with E-state index in [0.717, 1.165) is 18.4 Å². The molecule has 0 aliphatic heterocycles. The number of rotatable bonds is 3. The minimum atomic E-state index is -0.125. The Morgan fingerprint density at radius 3 is 2.50 bits per heavy atom. The Bertz CT molecular complexity index is 370. The molecule has 0 aromatic heterocycles. The van der Waals surface area contributed by atoms with Crippen LogP contribution < -0.4 is 5.73 Å². The van der Waals surface area contributed by atoms with Crippen molar-refractivity contribution in [2.45, 2.75) is 37.7 Å². The molecule has 3 nitrogen and oxygen atoms in total. The predicted octanol–water partition coefficient (Wildman–Crippen LogP) is 1.66. The minimum Gasteiger partial charge on any atom is -0.507 e. The van der Waals surface area contributed by atoms with Crippen LogP contribution in [0.25, 0.3) is 0 Å². The standard InChI is InChI=1S/C13H19NO2/c14-9-13(6-1-2-7-13)11-5-3-4-10(8-15)12(11)16/h3-5,15-16H,1-2,6-9,14H2. The zero-order valence-corrected chi connectivity index (χ0v) is 9.45. The van der Waals surface area contributed by atoms with Crippen LogP contribution in [0.15, 0.2) is 18.2 Å². The van der Waals surface area contributed by atoms with Crippen molar-refractivity contribution in [2.24, 2.45) is 5.73 Å². The molecular formula is C13H19NO2. The quantitative estimate of drug-likeness (QED) is 0.727. The summed E-state index contributed by atoms with van der Waals surface area (Å²) >= 11 is 0. The summed E-state index contributed by atoms with van der Waals surface area (Å²) in [6, 6.07) is 5.57. The molecule has 88 valence electrons. The summed E-state index contributed by atoms with van der Waals surface area (Å²) in [5.41, 5.74) is 7.32. The highest BCUT2D eigenvalue weighted by molar-refractivity contribution is 5.45. The van der Waals surface area contributed by atoms with Crippen molar-refractivity contribution >= 4 is 0 Å². The molecule has 1 aromatic carbocycles. The maximum Gasteiger partial charge on any atom is 0.124 e. The molecule has 0 bridgehead atoms. The van der Waals surface area contributed by atoms with E-state index in [9.17, 15) is 5.11 Å². The maximum absolute atomic E-state index is 10.1. The molecule has 0 amide bonds. The predicted molar refractivity (Wildman–Crippen MR) is 63.2 cm³/mol. The summed E-state index contributed by atoms with van der Waals surface area (Å²) in [6.45, 7) is 0.440. The second kappa shape index (κ2) is 4.44. The zero-order valence-electron chi connectivity index (χ0n) is 9.45. The molecule has 0 unspecified atom stereocenters. The molecule has 16 heavy (non-hydrogen) atoms. The average Bonchev–Trinajstić information content (AvgIpc) is 2.79. The molecular weight excluding hydrogens is 202 g/mol. The largest absolute Gasteiger partial charge is 0.507 e. The fraction of sp³-hybridized carbons (Fsp3) is 0.538. The van der Waals surface area contributed by atoms with Crippen molar-refractivity contribution in [3.05, 3.63) is 29.3 Å². The summed E-state index contributed by atoms with van der Waals surface area (Å²) in [4.78, 5) is 0. The Labute approximate surface area is 95.9 Å². The molecule has 3 heteroatoms. The van der Waals surface area contributed by atoms with Crippen molar-refractivity contribution in [1.29, 1.82) is 0 Å². The highest BCUT2D eigenvalue weighted by Gasteiger charge is 2.36. The second-order valence-electron chi connectivity index (χ2n) is 4.66. The lowest BCUT2D eigenvalue weighted by Crippen LogP contribution is -2.32. The van der Waals surface area contributed by atoms with E-state index < -0.39 is 0 Å². The molecule has 1 aliphatic rings. The van der Waals surface area contributed by atoms with E-state index in [0.29, 0.717) is 12.1 Å². The molecule has 4 N–H and O–H groups in total. The third-order valence-corrected chi connectivity index (χ3v) is 3.81. The van der Waals surface area contributed by atoms with Crippen molar-refractivity contribution in [1.82, 2.24) is 0 Å². The lowest BCUT2D eigenvalue weighted by molar-refractivity contribution is 0.273. The van der Waals surface area contributed by atoms with Crippen molar-refractivity contribution in [3.63, 3.8) is 0 Å². The molecule has 1 fully saturated rings. The fourth-order valence-electron chi connectivity index (χ4n) is 2.78. The van der Waals surface area contributed by atoms with Gasteiger partial charge in [-0.25, -0.2) is 0 Å².